The minimum atomic E-state index is -0.410. The smallest absolute Gasteiger partial charge is 0.170 e. The summed E-state index contributed by atoms with van der Waals surface area (Å²) in [5.74, 6) is -0.107. The second-order valence-electron chi connectivity index (χ2n) is 4.16. The molecule has 3 N–H and O–H groups in total. The zero-order valence-corrected chi connectivity index (χ0v) is 13.0. The third-order valence-electron chi connectivity index (χ3n) is 2.74. The summed E-state index contributed by atoms with van der Waals surface area (Å²) in [4.78, 5) is 0.893. The number of nitrogens with two attached hydrogens (primary N) is 1. The highest BCUT2D eigenvalue weighted by atomic mass is 35.5. The van der Waals surface area contributed by atoms with Crippen LogP contribution in [-0.4, -0.2) is 11.0 Å². The van der Waals surface area contributed by atoms with Gasteiger partial charge in [-0.1, -0.05) is 40.5 Å². The van der Waals surface area contributed by atoms with Crippen molar-refractivity contribution in [3.05, 3.63) is 63.4 Å². The fourth-order valence-electron chi connectivity index (χ4n) is 1.61. The Morgan fingerprint density at radius 3 is 2.57 bits per heavy atom. The minimum absolute atomic E-state index is 0.127. The lowest BCUT2D eigenvalue weighted by atomic mass is 10.1. The molecule has 0 aliphatic rings. The van der Waals surface area contributed by atoms with Crippen molar-refractivity contribution in [2.24, 2.45) is 10.9 Å². The molecule has 0 radical (unpaired) electrons. The molecule has 7 heteroatoms. The number of nitrogens with zero attached hydrogens (tertiary/aromatic N) is 1. The predicted molar refractivity (Wildman–Crippen MR) is 84.9 cm³/mol. The molecule has 0 saturated heterocycles. The molecule has 2 aromatic carbocycles. The first-order valence-corrected chi connectivity index (χ1v) is 7.59. The number of halogens is 3. The maximum atomic E-state index is 13.9. The van der Waals surface area contributed by atoms with E-state index in [9.17, 15) is 4.39 Å². The maximum absolute atomic E-state index is 13.9. The van der Waals surface area contributed by atoms with Crippen molar-refractivity contribution in [3.63, 3.8) is 0 Å². The fourth-order valence-corrected chi connectivity index (χ4v) is 2.89. The number of oxime groups is 1. The van der Waals surface area contributed by atoms with Gasteiger partial charge in [0.25, 0.3) is 0 Å². The molecule has 0 saturated carbocycles. The summed E-state index contributed by atoms with van der Waals surface area (Å²) in [5.41, 5.74) is 6.26. The van der Waals surface area contributed by atoms with E-state index in [1.807, 2.05) is 6.07 Å². The average molecular weight is 345 g/mol. The maximum Gasteiger partial charge on any atom is 0.170 e. The van der Waals surface area contributed by atoms with Crippen LogP contribution >= 0.6 is 35.0 Å². The van der Waals surface area contributed by atoms with Gasteiger partial charge in [-0.25, -0.2) is 4.39 Å². The standard InChI is InChI=1S/C14H11Cl2FN2OS/c15-11-4-3-10(6-12(11)16)21-7-9-2-1-8(5-13(9)17)14(18)19-20/h1-6,20H,7H2,(H2,18,19). The van der Waals surface area contributed by atoms with E-state index in [4.69, 9.17) is 34.1 Å². The van der Waals surface area contributed by atoms with Crippen LogP contribution in [0.5, 0.6) is 0 Å². The third kappa shape index (κ3) is 4.03. The average Bonchev–Trinajstić information content (AvgIpc) is 2.48. The van der Waals surface area contributed by atoms with E-state index < -0.39 is 5.82 Å². The van der Waals surface area contributed by atoms with E-state index in [0.717, 1.165) is 4.90 Å². The normalized spacial score (nSPS) is 11.7. The first-order chi connectivity index (χ1) is 10.0. The molecule has 0 spiro atoms. The Bertz CT molecular complexity index is 695. The molecule has 0 atom stereocenters. The summed E-state index contributed by atoms with van der Waals surface area (Å²) < 4.78 is 13.9. The van der Waals surface area contributed by atoms with Crippen LogP contribution in [0.4, 0.5) is 4.39 Å². The summed E-state index contributed by atoms with van der Waals surface area (Å²) in [7, 11) is 0. The van der Waals surface area contributed by atoms with Crippen molar-refractivity contribution in [1.29, 1.82) is 0 Å². The summed E-state index contributed by atoms with van der Waals surface area (Å²) in [5, 5.41) is 12.3. The Labute approximate surface area is 135 Å². The van der Waals surface area contributed by atoms with Crippen LogP contribution in [0.2, 0.25) is 10.0 Å². The van der Waals surface area contributed by atoms with Crippen LogP contribution in [0.3, 0.4) is 0 Å². The van der Waals surface area contributed by atoms with E-state index in [1.165, 1.54) is 17.8 Å². The van der Waals surface area contributed by atoms with Crippen LogP contribution < -0.4 is 5.73 Å². The van der Waals surface area contributed by atoms with Crippen LogP contribution in [0.25, 0.3) is 0 Å². The van der Waals surface area contributed by atoms with Crippen LogP contribution in [0, 0.1) is 5.82 Å². The quantitative estimate of drug-likeness (QED) is 0.282. The second kappa shape index (κ2) is 7.02. The van der Waals surface area contributed by atoms with Crippen LogP contribution in [0.1, 0.15) is 11.1 Å². The molecule has 110 valence electrons. The van der Waals surface area contributed by atoms with Gasteiger partial charge < -0.3 is 10.9 Å². The number of hydrogen-bond acceptors (Lipinski definition) is 3. The summed E-state index contributed by atoms with van der Waals surface area (Å²) in [6.45, 7) is 0. The lowest BCUT2D eigenvalue weighted by molar-refractivity contribution is 0.318. The fraction of sp³-hybridized carbons (Fsp3) is 0.0714. The number of benzene rings is 2. The Morgan fingerprint density at radius 1 is 1.19 bits per heavy atom. The van der Waals surface area contributed by atoms with Crippen LogP contribution in [-0.2, 0) is 5.75 Å². The zero-order chi connectivity index (χ0) is 15.4. The van der Waals surface area contributed by atoms with E-state index in [1.54, 1.807) is 24.3 Å². The summed E-state index contributed by atoms with van der Waals surface area (Å²) in [6.07, 6.45) is 0. The van der Waals surface area contributed by atoms with Gasteiger partial charge in [0.05, 0.1) is 10.0 Å². The van der Waals surface area contributed by atoms with Crippen molar-refractivity contribution in [1.82, 2.24) is 0 Å². The molecule has 0 heterocycles. The van der Waals surface area contributed by atoms with Crippen molar-refractivity contribution in [2.45, 2.75) is 10.6 Å². The highest BCUT2D eigenvalue weighted by Crippen LogP contribution is 2.30. The van der Waals surface area contributed by atoms with E-state index in [-0.39, 0.29) is 5.84 Å². The molecule has 0 aliphatic carbocycles. The van der Waals surface area contributed by atoms with Gasteiger partial charge in [-0.15, -0.1) is 11.8 Å². The van der Waals surface area contributed by atoms with E-state index in [0.29, 0.717) is 26.9 Å². The zero-order valence-electron chi connectivity index (χ0n) is 10.7. The van der Waals surface area contributed by atoms with Crippen molar-refractivity contribution >= 4 is 40.8 Å². The Kier molecular flexibility index (Phi) is 5.33. The third-order valence-corrected chi connectivity index (χ3v) is 4.52. The largest absolute Gasteiger partial charge is 0.409 e. The van der Waals surface area contributed by atoms with Crippen molar-refractivity contribution in [3.8, 4) is 0 Å². The van der Waals surface area contributed by atoms with Gasteiger partial charge in [0.2, 0.25) is 0 Å². The molecule has 0 aromatic heterocycles. The highest BCUT2D eigenvalue weighted by Gasteiger charge is 2.08. The molecule has 21 heavy (non-hydrogen) atoms. The summed E-state index contributed by atoms with van der Waals surface area (Å²) in [6, 6.07) is 9.69. The predicted octanol–water partition coefficient (Wildman–Crippen LogP) is 4.52. The Balaban J connectivity index is 2.11. The SMILES string of the molecule is NC(=NO)c1ccc(CSc2ccc(Cl)c(Cl)c2)c(F)c1. The molecular weight excluding hydrogens is 334 g/mol. The van der Waals surface area contributed by atoms with Gasteiger partial charge in [0, 0.05) is 16.2 Å². The van der Waals surface area contributed by atoms with Gasteiger partial charge in [0.15, 0.2) is 5.84 Å². The molecular formula is C14H11Cl2FN2OS. The van der Waals surface area contributed by atoms with Gasteiger partial charge in [-0.2, -0.15) is 0 Å². The molecule has 0 aliphatic heterocycles. The lowest BCUT2D eigenvalue weighted by Gasteiger charge is -2.06. The van der Waals surface area contributed by atoms with Gasteiger partial charge in [-0.05, 0) is 29.8 Å². The molecule has 2 aromatic rings. The second-order valence-corrected chi connectivity index (χ2v) is 6.02. The number of rotatable bonds is 4. The van der Waals surface area contributed by atoms with Crippen molar-refractivity contribution in [2.75, 3.05) is 0 Å². The van der Waals surface area contributed by atoms with Crippen molar-refractivity contribution < 1.29 is 9.60 Å². The summed E-state index contributed by atoms with van der Waals surface area (Å²) >= 11 is 13.2. The van der Waals surface area contributed by atoms with E-state index in [2.05, 4.69) is 5.16 Å². The first kappa shape index (κ1) is 15.9. The first-order valence-electron chi connectivity index (χ1n) is 5.85. The molecule has 0 bridgehead atoms. The van der Waals surface area contributed by atoms with E-state index >= 15 is 0 Å². The molecule has 3 nitrogen and oxygen atoms in total. The van der Waals surface area contributed by atoms with Crippen LogP contribution in [0.15, 0.2) is 46.4 Å². The topological polar surface area (TPSA) is 58.6 Å². The highest BCUT2D eigenvalue weighted by molar-refractivity contribution is 7.98. The minimum Gasteiger partial charge on any atom is -0.409 e. The molecule has 0 fully saturated rings. The monoisotopic (exact) mass is 344 g/mol. The van der Waals surface area contributed by atoms with Gasteiger partial charge in [-0.3, -0.25) is 0 Å². The lowest BCUT2D eigenvalue weighted by Crippen LogP contribution is -2.13. The number of amidine groups is 1. The molecule has 0 unspecified atom stereocenters. The van der Waals surface area contributed by atoms with Gasteiger partial charge in [0.1, 0.15) is 5.82 Å². The Morgan fingerprint density at radius 2 is 1.95 bits per heavy atom. The Hall–Kier alpha value is -1.43. The number of hydrogen-bond donors (Lipinski definition) is 2. The molecule has 0 amide bonds. The number of thioether (sulfide) groups is 1. The molecule has 2 rings (SSSR count). The van der Waals surface area contributed by atoms with Gasteiger partial charge >= 0.3 is 0 Å².